The molecule has 2 aromatic rings. The number of carbonyl (C=O) groups excluding carboxylic acids is 1. The monoisotopic (exact) mass is 492 g/mol. The van der Waals surface area contributed by atoms with Crippen molar-refractivity contribution >= 4 is 46.8 Å². The van der Waals surface area contributed by atoms with Gasteiger partial charge in [0, 0.05) is 17.2 Å². The van der Waals surface area contributed by atoms with Crippen LogP contribution in [-0.2, 0) is 9.53 Å². The second-order valence-corrected chi connectivity index (χ2v) is 9.07. The lowest BCUT2D eigenvalue weighted by Crippen LogP contribution is -2.65. The molecular formula is C23H24Cl2N3O5+. The van der Waals surface area contributed by atoms with Gasteiger partial charge >= 0.3 is 12.0 Å². The molecule has 0 fully saturated rings. The van der Waals surface area contributed by atoms with Crippen LogP contribution in [0.5, 0.6) is 5.75 Å². The van der Waals surface area contributed by atoms with Crippen LogP contribution in [0.3, 0.4) is 0 Å². The highest BCUT2D eigenvalue weighted by Crippen LogP contribution is 2.45. The summed E-state index contributed by atoms with van der Waals surface area (Å²) >= 11 is 12.1. The van der Waals surface area contributed by atoms with Gasteiger partial charge in [0.1, 0.15) is 11.3 Å². The molecule has 0 aliphatic carbocycles. The Kier molecular flexibility index (Phi) is 6.74. The van der Waals surface area contributed by atoms with Crippen molar-refractivity contribution < 1.29 is 24.2 Å². The van der Waals surface area contributed by atoms with Crippen LogP contribution in [0.25, 0.3) is 0 Å². The van der Waals surface area contributed by atoms with Crippen LogP contribution in [0.4, 0.5) is 5.69 Å². The molecule has 2 N–H and O–H groups in total. The van der Waals surface area contributed by atoms with Crippen molar-refractivity contribution in [3.05, 3.63) is 69.6 Å². The highest BCUT2D eigenvalue weighted by molar-refractivity contribution is 6.36. The molecule has 1 heterocycles. The number of methoxy groups -OCH3 is 2. The second-order valence-electron chi connectivity index (χ2n) is 8.22. The topological polar surface area (TPSA) is 97.2 Å². The van der Waals surface area contributed by atoms with Crippen LogP contribution >= 0.6 is 23.2 Å². The molecule has 1 atom stereocenters. The molecule has 10 heteroatoms. The van der Waals surface area contributed by atoms with Gasteiger partial charge in [0.25, 0.3) is 11.6 Å². The summed E-state index contributed by atoms with van der Waals surface area (Å²) in [6.45, 7) is 5.56. The highest BCUT2D eigenvalue weighted by atomic mass is 35.5. The molecule has 1 aliphatic heterocycles. The first kappa shape index (κ1) is 24.6. The van der Waals surface area contributed by atoms with Crippen molar-refractivity contribution in [3.8, 4) is 5.75 Å². The summed E-state index contributed by atoms with van der Waals surface area (Å²) in [5.74, 6) is -1.54. The van der Waals surface area contributed by atoms with Crippen molar-refractivity contribution in [2.24, 2.45) is 4.99 Å². The third-order valence-electron chi connectivity index (χ3n) is 5.29. The molecular weight excluding hydrogens is 469 g/mol. The van der Waals surface area contributed by atoms with Crippen molar-refractivity contribution in [2.45, 2.75) is 26.3 Å². The Morgan fingerprint density at radius 1 is 1.06 bits per heavy atom. The number of nitrogens with zero attached hydrogens (tertiary/aromatic N) is 2. The largest absolute Gasteiger partial charge is 0.497 e. The number of ether oxygens (including phenoxy) is 2. The van der Waals surface area contributed by atoms with Crippen LogP contribution < -0.4 is 14.5 Å². The number of carbonyl (C=O) groups is 2. The number of hydrogen-bond donors (Lipinski definition) is 2. The number of carboxylic acid groups (broad SMARTS) is 1. The fraction of sp³-hybridized carbons (Fsp3) is 0.261. The van der Waals surface area contributed by atoms with Gasteiger partial charge in [0.2, 0.25) is 5.82 Å². The molecule has 0 saturated heterocycles. The number of hydrogen-bond acceptors (Lipinski definition) is 5. The third-order valence-corrected chi connectivity index (χ3v) is 5.84. The molecule has 174 valence electrons. The van der Waals surface area contributed by atoms with E-state index in [2.05, 4.69) is 10.3 Å². The Morgan fingerprint density at radius 3 is 2.30 bits per heavy atom. The maximum Gasteiger partial charge on any atom is 0.412 e. The number of aliphatic imine (C=N–C) groups is 1. The minimum atomic E-state index is -1.28. The van der Waals surface area contributed by atoms with Gasteiger partial charge in [-0.3, -0.25) is 4.79 Å². The molecule has 0 saturated carbocycles. The average Bonchev–Trinajstić information content (AvgIpc) is 3.08. The highest BCUT2D eigenvalue weighted by Gasteiger charge is 2.60. The smallest absolute Gasteiger partial charge is 0.412 e. The maximum absolute atomic E-state index is 13.0. The number of aliphatic carboxylic acids is 1. The minimum absolute atomic E-state index is 0.0747. The first-order chi connectivity index (χ1) is 15.5. The Hall–Kier alpha value is -3.07. The number of halogens is 2. The van der Waals surface area contributed by atoms with Gasteiger partial charge in [-0.15, -0.1) is 4.99 Å². The number of benzene rings is 2. The van der Waals surface area contributed by atoms with E-state index in [0.717, 1.165) is 0 Å². The Labute approximate surface area is 201 Å². The SMILES string of the molecule is COC1=NC(NC(=O)c2ccc(Cl)cc2Cl)=C(C(=O)O)[N+]1(c1cccc(OC)c1)C(C)(C)C. The van der Waals surface area contributed by atoms with Crippen LogP contribution in [0.1, 0.15) is 31.1 Å². The lowest BCUT2D eigenvalue weighted by atomic mass is 9.98. The number of rotatable bonds is 5. The van der Waals surface area contributed by atoms with E-state index in [1.165, 1.54) is 32.4 Å². The number of amidine groups is 1. The van der Waals surface area contributed by atoms with Crippen LogP contribution in [0.2, 0.25) is 10.0 Å². The van der Waals surface area contributed by atoms with Crippen LogP contribution in [0.15, 0.2) is 59.0 Å². The molecule has 1 aliphatic rings. The number of carboxylic acids is 1. The van der Waals surface area contributed by atoms with Crippen molar-refractivity contribution in [1.82, 2.24) is 9.80 Å². The summed E-state index contributed by atoms with van der Waals surface area (Å²) < 4.78 is 10.6. The molecule has 0 radical (unpaired) electrons. The van der Waals surface area contributed by atoms with Gasteiger partial charge in [-0.1, -0.05) is 29.3 Å². The van der Waals surface area contributed by atoms with Gasteiger partial charge in [0.05, 0.1) is 24.8 Å². The lowest BCUT2D eigenvalue weighted by molar-refractivity contribution is -0.134. The molecule has 2 aromatic carbocycles. The molecule has 0 spiro atoms. The fourth-order valence-corrected chi connectivity index (χ4v) is 4.40. The first-order valence-corrected chi connectivity index (χ1v) is 10.6. The molecule has 33 heavy (non-hydrogen) atoms. The standard InChI is InChI=1S/C23H23Cl2N3O5/c1-23(2,3)28(14-7-6-8-15(12-14)32-4)18(21(30)31)19(27-22(28)33-5)26-20(29)16-10-9-13(24)11-17(16)25/h6-12H,1-5H3,(H-,26,29,30,31)/p+1. The fourth-order valence-electron chi connectivity index (χ4n) is 3.91. The zero-order valence-corrected chi connectivity index (χ0v) is 20.3. The third kappa shape index (κ3) is 4.17. The van der Waals surface area contributed by atoms with Gasteiger partial charge in [-0.05, 0) is 45.0 Å². The number of quaternary nitrogens is 1. The van der Waals surface area contributed by atoms with Crippen LogP contribution in [-0.4, -0.2) is 42.8 Å². The second kappa shape index (κ2) is 9.05. The van der Waals surface area contributed by atoms with Gasteiger partial charge < -0.3 is 19.9 Å². The predicted octanol–water partition coefficient (Wildman–Crippen LogP) is 4.81. The maximum atomic E-state index is 13.0. The Bertz CT molecular complexity index is 1190. The molecule has 1 unspecified atom stereocenters. The zero-order chi connectivity index (χ0) is 24.6. The lowest BCUT2D eigenvalue weighted by Gasteiger charge is -2.43. The van der Waals surface area contributed by atoms with E-state index >= 15 is 0 Å². The van der Waals surface area contributed by atoms with Crippen molar-refractivity contribution in [2.75, 3.05) is 14.2 Å². The number of nitrogens with one attached hydrogen (secondary N) is 1. The van der Waals surface area contributed by atoms with Gasteiger partial charge in [-0.25, -0.2) is 4.79 Å². The van der Waals surface area contributed by atoms with E-state index in [0.29, 0.717) is 16.5 Å². The summed E-state index contributed by atoms with van der Waals surface area (Å²) in [4.78, 5) is 30.1. The molecule has 8 nitrogen and oxygen atoms in total. The van der Waals surface area contributed by atoms with Crippen LogP contribution in [0, 0.1) is 0 Å². The van der Waals surface area contributed by atoms with Gasteiger partial charge in [-0.2, -0.15) is 4.48 Å². The summed E-state index contributed by atoms with van der Waals surface area (Å²) in [5.41, 5.74) is -0.325. The van der Waals surface area contributed by atoms with E-state index in [1.807, 2.05) is 20.8 Å². The summed E-state index contributed by atoms with van der Waals surface area (Å²) in [7, 11) is 2.92. The first-order valence-electron chi connectivity index (χ1n) is 9.89. The normalized spacial score (nSPS) is 18.1. The van der Waals surface area contributed by atoms with Crippen molar-refractivity contribution in [1.29, 1.82) is 0 Å². The Morgan fingerprint density at radius 2 is 1.76 bits per heavy atom. The van der Waals surface area contributed by atoms with E-state index in [-0.39, 0.29) is 28.1 Å². The minimum Gasteiger partial charge on any atom is -0.497 e. The quantitative estimate of drug-likeness (QED) is 0.583. The molecule has 0 bridgehead atoms. The molecule has 3 rings (SSSR count). The number of amides is 1. The Balaban J connectivity index is 2.26. The summed E-state index contributed by atoms with van der Waals surface area (Å²) in [5, 5.41) is 13.4. The van der Waals surface area contributed by atoms with E-state index in [9.17, 15) is 14.7 Å². The zero-order valence-electron chi connectivity index (χ0n) is 18.8. The summed E-state index contributed by atoms with van der Waals surface area (Å²) in [6, 6.07) is 11.4. The summed E-state index contributed by atoms with van der Waals surface area (Å²) in [6.07, 6.45) is 0. The van der Waals surface area contributed by atoms with Crippen molar-refractivity contribution in [3.63, 3.8) is 0 Å². The average molecular weight is 493 g/mol. The van der Waals surface area contributed by atoms with E-state index < -0.39 is 21.9 Å². The van der Waals surface area contributed by atoms with E-state index in [4.69, 9.17) is 32.7 Å². The van der Waals surface area contributed by atoms with Gasteiger partial charge in [0.15, 0.2) is 5.69 Å². The molecule has 0 aromatic heterocycles. The van der Waals surface area contributed by atoms with E-state index in [1.54, 1.807) is 24.3 Å². The predicted molar refractivity (Wildman–Crippen MR) is 128 cm³/mol. The molecule has 1 amide bonds.